The van der Waals surface area contributed by atoms with E-state index in [-0.39, 0.29) is 21.7 Å². The van der Waals surface area contributed by atoms with Gasteiger partial charge in [-0.15, -0.1) is 0 Å². The quantitative estimate of drug-likeness (QED) is 0.730. The Hall–Kier alpha value is -1.26. The Morgan fingerprint density at radius 1 is 1.16 bits per heavy atom. The molecule has 98 valence electrons. The van der Waals surface area contributed by atoms with Crippen LogP contribution in [0.4, 0.5) is 8.78 Å². The number of rotatable bonds is 3. The SMILES string of the molecule is O=C(Cc1ccc(F)cc1Cl)c1ccc(F)c(Br)c1. The van der Waals surface area contributed by atoms with E-state index in [9.17, 15) is 13.6 Å². The van der Waals surface area contributed by atoms with Gasteiger partial charge in [0.25, 0.3) is 0 Å². The topological polar surface area (TPSA) is 17.1 Å². The molecule has 0 saturated heterocycles. The van der Waals surface area contributed by atoms with Crippen LogP contribution in [-0.2, 0) is 6.42 Å². The van der Waals surface area contributed by atoms with E-state index < -0.39 is 11.6 Å². The Bertz CT molecular complexity index is 643. The van der Waals surface area contributed by atoms with Gasteiger partial charge in [-0.2, -0.15) is 0 Å². The summed E-state index contributed by atoms with van der Waals surface area (Å²) in [4.78, 5) is 12.0. The van der Waals surface area contributed by atoms with E-state index in [0.717, 1.165) is 6.07 Å². The van der Waals surface area contributed by atoms with Crippen LogP contribution in [0.3, 0.4) is 0 Å². The summed E-state index contributed by atoms with van der Waals surface area (Å²) in [7, 11) is 0. The molecule has 0 aromatic heterocycles. The summed E-state index contributed by atoms with van der Waals surface area (Å²) in [6.07, 6.45) is 0.0389. The molecule has 5 heteroatoms. The number of Topliss-reactive ketones (excluding diaryl/α,β-unsaturated/α-hetero) is 1. The lowest BCUT2D eigenvalue weighted by atomic mass is 10.0. The highest BCUT2D eigenvalue weighted by atomic mass is 79.9. The first kappa shape index (κ1) is 14.2. The van der Waals surface area contributed by atoms with E-state index in [1.54, 1.807) is 0 Å². The normalized spacial score (nSPS) is 10.5. The predicted octanol–water partition coefficient (Wildman–Crippen LogP) is 4.81. The maximum Gasteiger partial charge on any atom is 0.167 e. The molecule has 2 aromatic carbocycles. The summed E-state index contributed by atoms with van der Waals surface area (Å²) in [5, 5.41) is 0.203. The van der Waals surface area contributed by atoms with Gasteiger partial charge in [0, 0.05) is 17.0 Å². The lowest BCUT2D eigenvalue weighted by Gasteiger charge is -2.05. The predicted molar refractivity (Wildman–Crippen MR) is 73.5 cm³/mol. The van der Waals surface area contributed by atoms with Crippen LogP contribution in [-0.4, -0.2) is 5.78 Å². The summed E-state index contributed by atoms with van der Waals surface area (Å²) < 4.78 is 26.2. The third kappa shape index (κ3) is 3.39. The highest BCUT2D eigenvalue weighted by molar-refractivity contribution is 9.10. The second kappa shape index (κ2) is 5.80. The molecular formula is C14H8BrClF2O. The van der Waals surface area contributed by atoms with Crippen molar-refractivity contribution in [2.75, 3.05) is 0 Å². The zero-order valence-electron chi connectivity index (χ0n) is 9.59. The standard InChI is InChI=1S/C14H8BrClF2O/c15-11-5-9(2-4-13(11)18)14(19)6-8-1-3-10(17)7-12(8)16/h1-5,7H,6H2. The van der Waals surface area contributed by atoms with E-state index in [1.165, 1.54) is 30.3 Å². The minimum Gasteiger partial charge on any atom is -0.294 e. The zero-order valence-corrected chi connectivity index (χ0v) is 11.9. The Morgan fingerprint density at radius 3 is 2.53 bits per heavy atom. The first-order chi connectivity index (χ1) is 8.97. The third-order valence-corrected chi connectivity index (χ3v) is 3.57. The molecule has 0 radical (unpaired) electrons. The minimum atomic E-state index is -0.453. The van der Waals surface area contributed by atoms with E-state index in [2.05, 4.69) is 15.9 Å². The van der Waals surface area contributed by atoms with Crippen LogP contribution >= 0.6 is 27.5 Å². The first-order valence-electron chi connectivity index (χ1n) is 5.39. The van der Waals surface area contributed by atoms with Crippen molar-refractivity contribution in [3.63, 3.8) is 0 Å². The summed E-state index contributed by atoms with van der Waals surface area (Å²) in [6.45, 7) is 0. The second-order valence-corrected chi connectivity index (χ2v) is 5.23. The monoisotopic (exact) mass is 344 g/mol. The van der Waals surface area contributed by atoms with Gasteiger partial charge >= 0.3 is 0 Å². The fourth-order valence-electron chi connectivity index (χ4n) is 1.61. The molecule has 0 atom stereocenters. The lowest BCUT2D eigenvalue weighted by Crippen LogP contribution is -2.04. The summed E-state index contributed by atoms with van der Waals surface area (Å²) >= 11 is 8.88. The Kier molecular flexibility index (Phi) is 4.32. The number of carbonyl (C=O) groups is 1. The van der Waals surface area contributed by atoms with Gasteiger partial charge in [-0.25, -0.2) is 8.78 Å². The van der Waals surface area contributed by atoms with Crippen molar-refractivity contribution in [1.29, 1.82) is 0 Å². The van der Waals surface area contributed by atoms with Gasteiger partial charge in [-0.3, -0.25) is 4.79 Å². The molecule has 2 rings (SSSR count). The van der Waals surface area contributed by atoms with Gasteiger partial charge < -0.3 is 0 Å². The van der Waals surface area contributed by atoms with Crippen LogP contribution in [0.1, 0.15) is 15.9 Å². The molecule has 0 N–H and O–H groups in total. The molecule has 0 spiro atoms. The van der Waals surface area contributed by atoms with Crippen molar-refractivity contribution in [2.24, 2.45) is 0 Å². The molecule has 0 saturated carbocycles. The van der Waals surface area contributed by atoms with Crippen molar-refractivity contribution in [3.05, 3.63) is 68.7 Å². The Morgan fingerprint density at radius 2 is 1.89 bits per heavy atom. The first-order valence-corrected chi connectivity index (χ1v) is 6.56. The molecule has 0 aliphatic rings. The molecule has 0 unspecified atom stereocenters. The Labute approximate surface area is 122 Å². The van der Waals surface area contributed by atoms with Crippen molar-refractivity contribution < 1.29 is 13.6 Å². The van der Waals surface area contributed by atoms with Crippen LogP contribution < -0.4 is 0 Å². The highest BCUT2D eigenvalue weighted by Gasteiger charge is 2.12. The molecule has 1 nitrogen and oxygen atoms in total. The molecule has 0 aliphatic heterocycles. The molecule has 0 bridgehead atoms. The van der Waals surface area contributed by atoms with Gasteiger partial charge in [0.2, 0.25) is 0 Å². The summed E-state index contributed by atoms with van der Waals surface area (Å²) in [6, 6.07) is 7.90. The van der Waals surface area contributed by atoms with E-state index in [0.29, 0.717) is 11.1 Å². The number of halogens is 4. The van der Waals surface area contributed by atoms with Crippen LogP contribution in [0.2, 0.25) is 5.02 Å². The number of carbonyl (C=O) groups excluding carboxylic acids is 1. The van der Waals surface area contributed by atoms with Crippen molar-refractivity contribution in [1.82, 2.24) is 0 Å². The minimum absolute atomic E-state index is 0.0389. The van der Waals surface area contributed by atoms with Crippen molar-refractivity contribution in [3.8, 4) is 0 Å². The average molecular weight is 346 g/mol. The fraction of sp³-hybridized carbons (Fsp3) is 0.0714. The van der Waals surface area contributed by atoms with Gasteiger partial charge in [0.1, 0.15) is 11.6 Å². The molecule has 2 aromatic rings. The van der Waals surface area contributed by atoms with E-state index >= 15 is 0 Å². The lowest BCUT2D eigenvalue weighted by molar-refractivity contribution is 0.0993. The molecular weight excluding hydrogens is 338 g/mol. The molecule has 19 heavy (non-hydrogen) atoms. The number of hydrogen-bond acceptors (Lipinski definition) is 1. The fourth-order valence-corrected chi connectivity index (χ4v) is 2.22. The van der Waals surface area contributed by atoms with Crippen LogP contribution in [0.5, 0.6) is 0 Å². The Balaban J connectivity index is 2.23. The largest absolute Gasteiger partial charge is 0.294 e. The van der Waals surface area contributed by atoms with Gasteiger partial charge in [-0.05, 0) is 51.8 Å². The van der Waals surface area contributed by atoms with E-state index in [1.807, 2.05) is 0 Å². The van der Waals surface area contributed by atoms with Gasteiger partial charge in [-0.1, -0.05) is 17.7 Å². The van der Waals surface area contributed by atoms with Gasteiger partial charge in [0.05, 0.1) is 4.47 Å². The second-order valence-electron chi connectivity index (χ2n) is 3.96. The zero-order chi connectivity index (χ0) is 14.0. The average Bonchev–Trinajstić information content (AvgIpc) is 2.36. The smallest absolute Gasteiger partial charge is 0.167 e. The number of ketones is 1. The van der Waals surface area contributed by atoms with E-state index in [4.69, 9.17) is 11.6 Å². The van der Waals surface area contributed by atoms with Crippen LogP contribution in [0.25, 0.3) is 0 Å². The number of benzene rings is 2. The maximum absolute atomic E-state index is 13.1. The van der Waals surface area contributed by atoms with Crippen LogP contribution in [0.15, 0.2) is 40.9 Å². The molecule has 0 aliphatic carbocycles. The molecule has 0 amide bonds. The summed E-state index contributed by atoms with van der Waals surface area (Å²) in [5.74, 6) is -1.10. The summed E-state index contributed by atoms with van der Waals surface area (Å²) in [5.41, 5.74) is 0.905. The molecule has 0 fully saturated rings. The van der Waals surface area contributed by atoms with Crippen LogP contribution in [0, 0.1) is 11.6 Å². The van der Waals surface area contributed by atoms with Crippen molar-refractivity contribution in [2.45, 2.75) is 6.42 Å². The maximum atomic E-state index is 13.1. The van der Waals surface area contributed by atoms with Gasteiger partial charge in [0.15, 0.2) is 5.78 Å². The van der Waals surface area contributed by atoms with Crippen molar-refractivity contribution >= 4 is 33.3 Å². The number of hydrogen-bond donors (Lipinski definition) is 0. The third-order valence-electron chi connectivity index (χ3n) is 2.61. The highest BCUT2D eigenvalue weighted by Crippen LogP contribution is 2.21. The molecule has 0 heterocycles.